The molecule has 0 radical (unpaired) electrons. The van der Waals surface area contributed by atoms with Crippen molar-refractivity contribution in [2.45, 2.75) is 50.4 Å². The summed E-state index contributed by atoms with van der Waals surface area (Å²) in [6.07, 6.45) is 2.81. The Morgan fingerprint density at radius 1 is 1.33 bits per heavy atom. The Bertz CT molecular complexity index is 462. The number of hydrogen-bond donors (Lipinski definition) is 1. The van der Waals surface area contributed by atoms with Crippen LogP contribution in [0.2, 0.25) is 25.7 Å². The van der Waals surface area contributed by atoms with Gasteiger partial charge in [-0.3, -0.25) is 4.79 Å². The molecular formula is C15H22O2Si. The van der Waals surface area contributed by atoms with Crippen LogP contribution in [-0.4, -0.2) is 19.1 Å². The molecular weight excluding hydrogens is 240 g/mol. The fourth-order valence-electron chi connectivity index (χ4n) is 3.31. The zero-order chi connectivity index (χ0) is 13.4. The molecule has 1 atom stereocenters. The maximum atomic E-state index is 11.9. The predicted molar refractivity (Wildman–Crippen MR) is 76.8 cm³/mol. The van der Waals surface area contributed by atoms with Crippen molar-refractivity contribution in [2.24, 2.45) is 0 Å². The van der Waals surface area contributed by atoms with Crippen molar-refractivity contribution in [2.75, 3.05) is 0 Å². The van der Waals surface area contributed by atoms with Crippen LogP contribution >= 0.6 is 0 Å². The summed E-state index contributed by atoms with van der Waals surface area (Å²) in [5, 5.41) is 9.82. The lowest BCUT2D eigenvalue weighted by atomic mass is 9.71. The van der Waals surface area contributed by atoms with Gasteiger partial charge < -0.3 is 5.11 Å². The molecule has 1 aliphatic carbocycles. The first-order valence-electron chi connectivity index (χ1n) is 6.67. The maximum absolute atomic E-state index is 11.9. The van der Waals surface area contributed by atoms with Crippen LogP contribution in [0.3, 0.4) is 0 Å². The Morgan fingerprint density at radius 3 is 2.61 bits per heavy atom. The van der Waals surface area contributed by atoms with E-state index in [1.807, 2.05) is 18.2 Å². The Hall–Kier alpha value is -1.09. The highest BCUT2D eigenvalue weighted by Crippen LogP contribution is 2.43. The molecule has 2 rings (SSSR count). The Labute approximate surface area is 110 Å². The number of aliphatic carboxylic acids is 1. The fourth-order valence-corrected chi connectivity index (χ4v) is 5.64. The first kappa shape index (κ1) is 13.3. The molecule has 18 heavy (non-hydrogen) atoms. The smallest absolute Gasteiger partial charge is 0.313 e. The van der Waals surface area contributed by atoms with Gasteiger partial charge in [0.25, 0.3) is 0 Å². The van der Waals surface area contributed by atoms with E-state index in [-0.39, 0.29) is 0 Å². The summed E-state index contributed by atoms with van der Waals surface area (Å²) < 4.78 is 0. The maximum Gasteiger partial charge on any atom is 0.313 e. The molecule has 0 saturated heterocycles. The largest absolute Gasteiger partial charge is 0.481 e. The van der Waals surface area contributed by atoms with Crippen molar-refractivity contribution < 1.29 is 9.90 Å². The highest BCUT2D eigenvalue weighted by Gasteiger charge is 2.45. The second kappa shape index (κ2) is 4.54. The van der Waals surface area contributed by atoms with Crippen LogP contribution in [0.4, 0.5) is 0 Å². The van der Waals surface area contributed by atoms with Crippen molar-refractivity contribution in [1.29, 1.82) is 0 Å². The van der Waals surface area contributed by atoms with E-state index in [1.165, 1.54) is 5.56 Å². The van der Waals surface area contributed by atoms with Gasteiger partial charge >= 0.3 is 5.97 Å². The molecule has 0 aliphatic heterocycles. The molecule has 0 saturated carbocycles. The molecule has 0 aromatic heterocycles. The van der Waals surface area contributed by atoms with Gasteiger partial charge in [0.1, 0.15) is 0 Å². The number of aryl methyl sites for hydroxylation is 1. The summed E-state index contributed by atoms with van der Waals surface area (Å²) in [5.74, 6) is -0.628. The molecule has 1 aromatic carbocycles. The number of rotatable bonds is 3. The summed E-state index contributed by atoms with van der Waals surface area (Å²) in [4.78, 5) is 11.9. The lowest BCUT2D eigenvalue weighted by molar-refractivity contribution is -0.143. The molecule has 3 heteroatoms. The average Bonchev–Trinajstić information content (AvgIpc) is 2.27. The van der Waals surface area contributed by atoms with Gasteiger partial charge in [-0.05, 0) is 36.4 Å². The van der Waals surface area contributed by atoms with Crippen molar-refractivity contribution in [3.63, 3.8) is 0 Å². The summed E-state index contributed by atoms with van der Waals surface area (Å²) >= 11 is 0. The topological polar surface area (TPSA) is 37.3 Å². The van der Waals surface area contributed by atoms with Crippen LogP contribution in [0.25, 0.3) is 0 Å². The second-order valence-electron chi connectivity index (χ2n) is 6.64. The van der Waals surface area contributed by atoms with Crippen LogP contribution in [0.15, 0.2) is 24.3 Å². The standard InChI is InChI=1S/C15H22O2Si/c1-18(2,3)11-15(14(16)17)10-6-8-12-7-4-5-9-13(12)15/h4-5,7,9H,6,8,10-11H2,1-3H3,(H,16,17). The highest BCUT2D eigenvalue weighted by atomic mass is 28.3. The summed E-state index contributed by atoms with van der Waals surface area (Å²) in [5.41, 5.74) is 1.69. The van der Waals surface area contributed by atoms with Gasteiger partial charge in [0, 0.05) is 8.07 Å². The number of carbonyl (C=O) groups is 1. The number of benzene rings is 1. The predicted octanol–water partition coefficient (Wildman–Crippen LogP) is 3.68. The Morgan fingerprint density at radius 2 is 2.00 bits per heavy atom. The van der Waals surface area contributed by atoms with Crippen LogP contribution < -0.4 is 0 Å². The minimum atomic E-state index is -1.43. The van der Waals surface area contributed by atoms with Gasteiger partial charge in [-0.1, -0.05) is 43.9 Å². The molecule has 1 aliphatic rings. The minimum Gasteiger partial charge on any atom is -0.481 e. The third kappa shape index (κ3) is 2.37. The molecule has 2 nitrogen and oxygen atoms in total. The quantitative estimate of drug-likeness (QED) is 0.844. The SMILES string of the molecule is C[Si](C)(C)CC1(C(=O)O)CCCc2ccccc21. The second-order valence-corrected chi connectivity index (χ2v) is 12.1. The van der Waals surface area contributed by atoms with Crippen molar-refractivity contribution >= 4 is 14.0 Å². The summed E-state index contributed by atoms with van der Waals surface area (Å²) in [7, 11) is -1.43. The third-order valence-electron chi connectivity index (χ3n) is 3.82. The molecule has 0 fully saturated rings. The fraction of sp³-hybridized carbons (Fsp3) is 0.533. The van der Waals surface area contributed by atoms with E-state index in [0.717, 1.165) is 30.9 Å². The zero-order valence-corrected chi connectivity index (χ0v) is 12.5. The number of fused-ring (bicyclic) bond motifs is 1. The van der Waals surface area contributed by atoms with E-state index >= 15 is 0 Å². The van der Waals surface area contributed by atoms with Gasteiger partial charge in [-0.15, -0.1) is 0 Å². The van der Waals surface area contributed by atoms with Crippen molar-refractivity contribution in [1.82, 2.24) is 0 Å². The first-order chi connectivity index (χ1) is 8.35. The lowest BCUT2D eigenvalue weighted by Gasteiger charge is -2.39. The summed E-state index contributed by atoms with van der Waals surface area (Å²) in [6, 6.07) is 8.96. The van der Waals surface area contributed by atoms with Crippen LogP contribution in [0, 0.1) is 0 Å². The lowest BCUT2D eigenvalue weighted by Crippen LogP contribution is -2.44. The molecule has 98 valence electrons. The minimum absolute atomic E-state index is 0.626. The number of carboxylic acid groups (broad SMARTS) is 1. The van der Waals surface area contributed by atoms with E-state index in [9.17, 15) is 9.90 Å². The monoisotopic (exact) mass is 262 g/mol. The number of carboxylic acids is 1. The van der Waals surface area contributed by atoms with Crippen LogP contribution in [0.5, 0.6) is 0 Å². The zero-order valence-electron chi connectivity index (χ0n) is 11.5. The summed E-state index contributed by atoms with van der Waals surface area (Å²) in [6.45, 7) is 6.78. The van der Waals surface area contributed by atoms with Gasteiger partial charge in [0.05, 0.1) is 5.41 Å². The van der Waals surface area contributed by atoms with Crippen molar-refractivity contribution in [3.05, 3.63) is 35.4 Å². The molecule has 1 N–H and O–H groups in total. The van der Waals surface area contributed by atoms with E-state index < -0.39 is 19.5 Å². The van der Waals surface area contributed by atoms with E-state index in [0.29, 0.717) is 0 Å². The van der Waals surface area contributed by atoms with E-state index in [1.54, 1.807) is 0 Å². The molecule has 1 unspecified atom stereocenters. The van der Waals surface area contributed by atoms with Gasteiger partial charge in [0.15, 0.2) is 0 Å². The third-order valence-corrected chi connectivity index (χ3v) is 5.49. The van der Waals surface area contributed by atoms with Gasteiger partial charge in [-0.25, -0.2) is 0 Å². The van der Waals surface area contributed by atoms with Crippen molar-refractivity contribution in [3.8, 4) is 0 Å². The molecule has 0 amide bonds. The normalized spacial score (nSPS) is 23.5. The highest BCUT2D eigenvalue weighted by molar-refractivity contribution is 6.76. The van der Waals surface area contributed by atoms with E-state index in [4.69, 9.17) is 0 Å². The van der Waals surface area contributed by atoms with Crippen LogP contribution in [0.1, 0.15) is 24.0 Å². The molecule has 0 heterocycles. The van der Waals surface area contributed by atoms with Crippen LogP contribution in [-0.2, 0) is 16.6 Å². The number of hydrogen-bond acceptors (Lipinski definition) is 1. The Balaban J connectivity index is 2.53. The molecule has 0 bridgehead atoms. The Kier molecular flexibility index (Phi) is 3.36. The average molecular weight is 262 g/mol. The van der Waals surface area contributed by atoms with Gasteiger partial charge in [-0.2, -0.15) is 0 Å². The molecule has 1 aromatic rings. The van der Waals surface area contributed by atoms with Gasteiger partial charge in [0.2, 0.25) is 0 Å². The molecule has 0 spiro atoms. The first-order valence-corrected chi connectivity index (χ1v) is 10.4. The van der Waals surface area contributed by atoms with E-state index in [2.05, 4.69) is 25.7 Å².